The Bertz CT molecular complexity index is 1170. The minimum atomic E-state index is -0.306. The second-order valence-electron chi connectivity index (χ2n) is 5.77. The molecule has 0 saturated carbocycles. The Labute approximate surface area is 130 Å². The summed E-state index contributed by atoms with van der Waals surface area (Å²) in [6.45, 7) is 0. The number of nitrogens with zero attached hydrogens (tertiary/aromatic N) is 1. The summed E-state index contributed by atoms with van der Waals surface area (Å²) in [5.74, 6) is -0.580. The van der Waals surface area contributed by atoms with Crippen molar-refractivity contribution in [2.75, 3.05) is 7.05 Å². The summed E-state index contributed by atoms with van der Waals surface area (Å²) in [4.78, 5) is 26.3. The number of furan rings is 1. The predicted molar refractivity (Wildman–Crippen MR) is 87.7 cm³/mol. The zero-order valence-corrected chi connectivity index (χ0v) is 12.3. The normalized spacial score (nSPS) is 14.4. The van der Waals surface area contributed by atoms with Crippen molar-refractivity contribution in [3.05, 3.63) is 59.7 Å². The average Bonchev–Trinajstić information content (AvgIpc) is 3.07. The van der Waals surface area contributed by atoms with E-state index in [1.54, 1.807) is 0 Å². The highest BCUT2D eigenvalue weighted by atomic mass is 16.3. The van der Waals surface area contributed by atoms with Crippen molar-refractivity contribution in [3.63, 3.8) is 0 Å². The van der Waals surface area contributed by atoms with Crippen LogP contribution in [0.4, 0.5) is 0 Å². The molecule has 0 N–H and O–H groups in total. The first-order valence-electron chi connectivity index (χ1n) is 7.37. The number of hydrogen-bond acceptors (Lipinski definition) is 3. The van der Waals surface area contributed by atoms with Crippen LogP contribution in [-0.2, 0) is 0 Å². The number of benzene rings is 3. The Morgan fingerprint density at radius 2 is 1.39 bits per heavy atom. The molecule has 1 aliphatic heterocycles. The molecule has 5 rings (SSSR count). The molecule has 0 fully saturated rings. The molecule has 23 heavy (non-hydrogen) atoms. The molecular weight excluding hydrogens is 290 g/mol. The molecule has 0 spiro atoms. The molecule has 0 aliphatic carbocycles. The van der Waals surface area contributed by atoms with Gasteiger partial charge in [0.1, 0.15) is 11.2 Å². The van der Waals surface area contributed by atoms with Crippen molar-refractivity contribution in [1.82, 2.24) is 4.90 Å². The van der Waals surface area contributed by atoms with E-state index in [0.29, 0.717) is 16.7 Å². The van der Waals surface area contributed by atoms with Crippen LogP contribution < -0.4 is 0 Å². The number of carbonyl (C=O) groups is 2. The number of carbonyl (C=O) groups excluding carboxylic acids is 2. The molecular formula is C19H11NO3. The van der Waals surface area contributed by atoms with Gasteiger partial charge in [-0.1, -0.05) is 42.5 Å². The maximum Gasteiger partial charge on any atom is 0.265 e. The minimum absolute atomic E-state index is 0.274. The fourth-order valence-corrected chi connectivity index (χ4v) is 3.51. The van der Waals surface area contributed by atoms with E-state index in [4.69, 9.17) is 4.42 Å². The van der Waals surface area contributed by atoms with Gasteiger partial charge in [0.25, 0.3) is 11.8 Å². The summed E-state index contributed by atoms with van der Waals surface area (Å²) < 4.78 is 5.97. The SMILES string of the molecule is CN1C(=O)c2c(c3oc4ccccc4c3c3ccccc23)C1=O. The average molecular weight is 301 g/mol. The molecule has 0 saturated heterocycles. The zero-order chi connectivity index (χ0) is 15.7. The first-order valence-corrected chi connectivity index (χ1v) is 7.37. The lowest BCUT2D eigenvalue weighted by molar-refractivity contribution is 0.0694. The summed E-state index contributed by atoms with van der Waals surface area (Å²) in [5, 5.41) is 3.58. The Balaban J connectivity index is 2.17. The summed E-state index contributed by atoms with van der Waals surface area (Å²) in [6, 6.07) is 15.4. The van der Waals surface area contributed by atoms with E-state index >= 15 is 0 Å². The van der Waals surface area contributed by atoms with Gasteiger partial charge in [-0.2, -0.15) is 0 Å². The fourth-order valence-electron chi connectivity index (χ4n) is 3.51. The van der Waals surface area contributed by atoms with Gasteiger partial charge in [-0.15, -0.1) is 0 Å². The number of imide groups is 1. The number of hydrogen-bond donors (Lipinski definition) is 0. The molecule has 0 atom stereocenters. The summed E-state index contributed by atoms with van der Waals surface area (Å²) in [6.07, 6.45) is 0. The molecule has 3 aromatic carbocycles. The summed E-state index contributed by atoms with van der Waals surface area (Å²) in [7, 11) is 1.51. The highest BCUT2D eigenvalue weighted by Gasteiger charge is 2.38. The van der Waals surface area contributed by atoms with E-state index in [1.165, 1.54) is 7.05 Å². The van der Waals surface area contributed by atoms with Crippen molar-refractivity contribution in [2.24, 2.45) is 0 Å². The predicted octanol–water partition coefficient (Wildman–Crippen LogP) is 3.97. The van der Waals surface area contributed by atoms with Crippen molar-refractivity contribution >= 4 is 44.5 Å². The van der Waals surface area contributed by atoms with E-state index in [0.717, 1.165) is 32.0 Å². The summed E-state index contributed by atoms with van der Waals surface area (Å²) >= 11 is 0. The van der Waals surface area contributed by atoms with Crippen LogP contribution in [0.2, 0.25) is 0 Å². The van der Waals surface area contributed by atoms with Gasteiger partial charge in [0, 0.05) is 17.8 Å². The topological polar surface area (TPSA) is 50.5 Å². The van der Waals surface area contributed by atoms with Gasteiger partial charge in [-0.25, -0.2) is 0 Å². The van der Waals surface area contributed by atoms with Gasteiger partial charge in [0.15, 0.2) is 0 Å². The van der Waals surface area contributed by atoms with Gasteiger partial charge in [-0.05, 0) is 16.8 Å². The second kappa shape index (κ2) is 3.98. The van der Waals surface area contributed by atoms with Crippen LogP contribution in [0.15, 0.2) is 52.9 Å². The monoisotopic (exact) mass is 301 g/mol. The van der Waals surface area contributed by atoms with Gasteiger partial charge in [0.05, 0.1) is 11.1 Å². The minimum Gasteiger partial charge on any atom is -0.455 e. The van der Waals surface area contributed by atoms with Crippen molar-refractivity contribution < 1.29 is 14.0 Å². The first kappa shape index (κ1) is 12.4. The van der Waals surface area contributed by atoms with E-state index in [-0.39, 0.29) is 11.8 Å². The molecule has 2 amide bonds. The van der Waals surface area contributed by atoms with Gasteiger partial charge >= 0.3 is 0 Å². The van der Waals surface area contributed by atoms with Crippen molar-refractivity contribution in [3.8, 4) is 0 Å². The zero-order valence-electron chi connectivity index (χ0n) is 12.3. The smallest absolute Gasteiger partial charge is 0.265 e. The van der Waals surface area contributed by atoms with Gasteiger partial charge in [0.2, 0.25) is 0 Å². The maximum absolute atomic E-state index is 12.6. The lowest BCUT2D eigenvalue weighted by Crippen LogP contribution is -2.24. The molecule has 0 radical (unpaired) electrons. The Morgan fingerprint density at radius 3 is 2.17 bits per heavy atom. The third-order valence-corrected chi connectivity index (χ3v) is 4.58. The van der Waals surface area contributed by atoms with Gasteiger partial charge < -0.3 is 4.42 Å². The van der Waals surface area contributed by atoms with Crippen LogP contribution in [-0.4, -0.2) is 23.8 Å². The van der Waals surface area contributed by atoms with Gasteiger partial charge in [-0.3, -0.25) is 14.5 Å². The Morgan fingerprint density at radius 1 is 0.783 bits per heavy atom. The second-order valence-corrected chi connectivity index (χ2v) is 5.77. The third kappa shape index (κ3) is 1.36. The van der Waals surface area contributed by atoms with E-state index in [2.05, 4.69) is 0 Å². The first-order chi connectivity index (χ1) is 11.2. The number of para-hydroxylation sites is 1. The quantitative estimate of drug-likeness (QED) is 0.462. The van der Waals surface area contributed by atoms with Crippen LogP contribution >= 0.6 is 0 Å². The third-order valence-electron chi connectivity index (χ3n) is 4.58. The number of rotatable bonds is 0. The van der Waals surface area contributed by atoms with E-state index < -0.39 is 0 Å². The highest BCUT2D eigenvalue weighted by Crippen LogP contribution is 2.42. The van der Waals surface area contributed by atoms with Crippen molar-refractivity contribution in [2.45, 2.75) is 0 Å². The van der Waals surface area contributed by atoms with Crippen LogP contribution in [0.1, 0.15) is 20.7 Å². The lowest BCUT2D eigenvalue weighted by atomic mass is 9.95. The Kier molecular flexibility index (Phi) is 2.15. The standard InChI is InChI=1S/C19H11NO3/c1-20-18(21)15-11-7-3-2-6-10(11)14-12-8-4-5-9-13(12)23-17(14)16(15)19(20)22/h2-9H,1H3. The molecule has 2 heterocycles. The Hall–Kier alpha value is -3.14. The number of amides is 2. The summed E-state index contributed by atoms with van der Waals surface area (Å²) in [5.41, 5.74) is 2.04. The van der Waals surface area contributed by atoms with E-state index in [9.17, 15) is 9.59 Å². The molecule has 1 aliphatic rings. The molecule has 4 nitrogen and oxygen atoms in total. The van der Waals surface area contributed by atoms with Crippen LogP contribution in [0, 0.1) is 0 Å². The molecule has 1 aromatic heterocycles. The molecule has 0 bridgehead atoms. The highest BCUT2D eigenvalue weighted by molar-refractivity contribution is 6.35. The van der Waals surface area contributed by atoms with Crippen LogP contribution in [0.3, 0.4) is 0 Å². The number of fused-ring (bicyclic) bond motifs is 8. The van der Waals surface area contributed by atoms with E-state index in [1.807, 2.05) is 48.5 Å². The van der Waals surface area contributed by atoms with Crippen molar-refractivity contribution in [1.29, 1.82) is 0 Å². The largest absolute Gasteiger partial charge is 0.455 e. The lowest BCUT2D eigenvalue weighted by Gasteiger charge is -2.05. The van der Waals surface area contributed by atoms with Crippen LogP contribution in [0.5, 0.6) is 0 Å². The molecule has 4 aromatic rings. The maximum atomic E-state index is 12.6. The molecule has 110 valence electrons. The molecule has 4 heteroatoms. The van der Waals surface area contributed by atoms with Crippen LogP contribution in [0.25, 0.3) is 32.7 Å². The molecule has 0 unspecified atom stereocenters. The fraction of sp³-hybridized carbons (Fsp3) is 0.0526.